The molecule has 14 nitrogen and oxygen atoms in total. The van der Waals surface area contributed by atoms with Crippen LogP contribution in [0.15, 0.2) is 143 Å². The van der Waals surface area contributed by atoms with Gasteiger partial charge in [0.05, 0.1) is 62.1 Å². The van der Waals surface area contributed by atoms with Crippen molar-refractivity contribution >= 4 is 117 Å². The van der Waals surface area contributed by atoms with Gasteiger partial charge in [0.2, 0.25) is 0 Å². The number of hydrogen-bond acceptors (Lipinski definition) is 11. The van der Waals surface area contributed by atoms with E-state index in [1.54, 1.807) is 76.5 Å². The minimum atomic E-state index is -3.04. The zero-order valence-corrected chi connectivity index (χ0v) is 41.1. The van der Waals surface area contributed by atoms with E-state index in [0.717, 1.165) is 46.5 Å². The Kier molecular flexibility index (Phi) is 23.7. The van der Waals surface area contributed by atoms with Crippen molar-refractivity contribution in [2.75, 3.05) is 43.0 Å². The van der Waals surface area contributed by atoms with Gasteiger partial charge in [-0.3, -0.25) is 21.3 Å². The summed E-state index contributed by atoms with van der Waals surface area (Å²) in [6.07, 6.45) is 6.55. The minimum absolute atomic E-state index is 0. The summed E-state index contributed by atoms with van der Waals surface area (Å²) >= 11 is 27.3. The standard InChI is InChI=1S/C17H18F2N4OS.C15H13Cl2N3OS.C15H16N4OS.CH4/c1-17(18,19)13-9-12(7-8-14(13)20)22-16(25)23-21-10-11-5-3-4-6-15(11)24-2;1-21-14-5-3-2-4-10(14)9-18-20-15(22)19-13-7-6-11(16)8-12(13)17;1-11-13(7-5-9-16-11)18-15(21)19-17-10-12-6-3-4-8-14(12)20-2;/h3-10H,20H2,1-2H3,(H2,22,23,25);2-9H,1H3,(H2,19,20,22);3-10H,1-2H3,(H2,18,19,21);1H4/b21-10+;18-9+;17-10+;. The number of benzene rings is 5. The van der Waals surface area contributed by atoms with Crippen molar-refractivity contribution in [3.8, 4) is 17.2 Å². The highest BCUT2D eigenvalue weighted by Crippen LogP contribution is 2.33. The minimum Gasteiger partial charge on any atom is -0.496 e. The number of thiocarbonyl (C=S) groups is 3. The van der Waals surface area contributed by atoms with Gasteiger partial charge < -0.3 is 35.9 Å². The number of rotatable bonds is 13. The van der Waals surface area contributed by atoms with Crippen molar-refractivity contribution in [1.29, 1.82) is 0 Å². The Morgan fingerprint density at radius 2 is 1.07 bits per heavy atom. The lowest BCUT2D eigenvalue weighted by Crippen LogP contribution is -2.24. The van der Waals surface area contributed by atoms with E-state index in [-0.39, 0.29) is 23.8 Å². The van der Waals surface area contributed by atoms with Crippen LogP contribution in [0.2, 0.25) is 10.0 Å². The fraction of sp³-hybridized carbons (Fsp3) is 0.146. The van der Waals surface area contributed by atoms with Crippen LogP contribution < -0.4 is 52.2 Å². The van der Waals surface area contributed by atoms with E-state index in [2.05, 4.69) is 52.5 Å². The third-order valence-electron chi connectivity index (χ3n) is 8.74. The fourth-order valence-electron chi connectivity index (χ4n) is 5.48. The molecule has 8 N–H and O–H groups in total. The molecule has 0 aliphatic rings. The largest absolute Gasteiger partial charge is 0.496 e. The Hall–Kier alpha value is -7.03. The maximum absolute atomic E-state index is 13.5. The number of para-hydroxylation sites is 3. The number of nitrogens with zero attached hydrogens (tertiary/aromatic N) is 4. The molecule has 0 aliphatic heterocycles. The predicted molar refractivity (Wildman–Crippen MR) is 292 cm³/mol. The van der Waals surface area contributed by atoms with Crippen LogP contribution in [0, 0.1) is 6.92 Å². The van der Waals surface area contributed by atoms with Gasteiger partial charge in [-0.05, 0) is 129 Å². The second kappa shape index (κ2) is 29.0. The molecule has 21 heteroatoms. The van der Waals surface area contributed by atoms with Crippen LogP contribution in [0.1, 0.15) is 42.3 Å². The molecule has 6 rings (SSSR count). The summed E-state index contributed by atoms with van der Waals surface area (Å²) in [5, 5.41) is 22.8. The van der Waals surface area contributed by atoms with Gasteiger partial charge in [-0.2, -0.15) is 15.3 Å². The first-order chi connectivity index (χ1) is 32.6. The zero-order valence-electron chi connectivity index (χ0n) is 37.2. The summed E-state index contributed by atoms with van der Waals surface area (Å²) < 4.78 is 42.7. The summed E-state index contributed by atoms with van der Waals surface area (Å²) in [6, 6.07) is 35.5. The number of anilines is 4. The number of aromatic nitrogens is 1. The second-order valence-corrected chi connectivity index (χ2v) is 15.7. The number of halogens is 4. The van der Waals surface area contributed by atoms with Crippen LogP contribution in [0.3, 0.4) is 0 Å². The number of methoxy groups -OCH3 is 3. The number of alkyl halides is 2. The van der Waals surface area contributed by atoms with E-state index < -0.39 is 5.92 Å². The lowest BCUT2D eigenvalue weighted by Gasteiger charge is -2.15. The molecule has 0 bridgehead atoms. The van der Waals surface area contributed by atoms with Crippen molar-refractivity contribution < 1.29 is 23.0 Å². The number of nitrogens with two attached hydrogens (primary N) is 1. The first kappa shape index (κ1) is 56.3. The number of nitrogen functional groups attached to an aromatic ring is 1. The number of pyridine rings is 1. The van der Waals surface area contributed by atoms with E-state index in [9.17, 15) is 8.78 Å². The van der Waals surface area contributed by atoms with Crippen LogP contribution in [0.5, 0.6) is 17.2 Å². The van der Waals surface area contributed by atoms with Gasteiger partial charge in [0.1, 0.15) is 17.2 Å². The molecule has 0 amide bonds. The SMILES string of the molecule is C.COc1ccccc1/C=N/NC(=S)Nc1ccc(Cl)cc1Cl.COc1ccccc1/C=N/NC(=S)Nc1ccc(N)c(C(C)(F)F)c1.COc1ccccc1/C=N/NC(=S)Nc1cccnc1C. The van der Waals surface area contributed by atoms with Gasteiger partial charge in [0.25, 0.3) is 5.92 Å². The summed E-state index contributed by atoms with van der Waals surface area (Å²) in [5.41, 5.74) is 18.7. The number of nitrogens with one attached hydrogen (secondary N) is 6. The van der Waals surface area contributed by atoms with E-state index in [0.29, 0.717) is 37.4 Å². The molecule has 6 aromatic rings. The molecule has 69 heavy (non-hydrogen) atoms. The second-order valence-electron chi connectivity index (χ2n) is 13.6. The van der Waals surface area contributed by atoms with Crippen molar-refractivity contribution in [3.05, 3.63) is 166 Å². The number of ether oxygens (including phenoxy) is 3. The molecule has 5 aromatic carbocycles. The third-order valence-corrected chi connectivity index (χ3v) is 9.87. The highest BCUT2D eigenvalue weighted by atomic mass is 35.5. The molecular formula is C48H51Cl2F2N11O3S3. The van der Waals surface area contributed by atoms with Gasteiger partial charge in [0, 0.05) is 51.8 Å². The van der Waals surface area contributed by atoms with Crippen LogP contribution >= 0.6 is 59.9 Å². The molecule has 1 aromatic heterocycles. The maximum Gasteiger partial charge on any atom is 0.272 e. The Bertz CT molecular complexity index is 2750. The quantitative estimate of drug-likeness (QED) is 0.0252. The molecular weight excluding hydrogens is 984 g/mol. The van der Waals surface area contributed by atoms with E-state index in [1.807, 2.05) is 85.8 Å². The van der Waals surface area contributed by atoms with Gasteiger partial charge in [-0.15, -0.1) is 0 Å². The van der Waals surface area contributed by atoms with Gasteiger partial charge in [-0.1, -0.05) is 67.0 Å². The van der Waals surface area contributed by atoms with E-state index in [1.165, 1.54) is 12.1 Å². The first-order valence-corrected chi connectivity index (χ1v) is 21.9. The summed E-state index contributed by atoms with van der Waals surface area (Å²) in [6.45, 7) is 2.69. The number of aryl methyl sites for hydroxylation is 1. The molecule has 0 saturated carbocycles. The van der Waals surface area contributed by atoms with Crippen molar-refractivity contribution in [1.82, 2.24) is 21.3 Å². The molecule has 0 unspecified atom stereocenters. The first-order valence-electron chi connectivity index (χ1n) is 20.0. The van der Waals surface area contributed by atoms with Gasteiger partial charge in [0.15, 0.2) is 15.3 Å². The van der Waals surface area contributed by atoms with Crippen LogP contribution in [-0.2, 0) is 5.92 Å². The summed E-state index contributed by atoms with van der Waals surface area (Å²) in [5.74, 6) is -0.892. The van der Waals surface area contributed by atoms with Crippen LogP contribution in [0.4, 0.5) is 31.5 Å². The third kappa shape index (κ3) is 19.2. The molecule has 0 aliphatic carbocycles. The molecule has 0 saturated heterocycles. The fourth-order valence-corrected chi connectivity index (χ4v) is 6.43. The van der Waals surface area contributed by atoms with Crippen LogP contribution in [-0.4, -0.2) is 60.3 Å². The maximum atomic E-state index is 13.5. The molecule has 0 spiro atoms. The van der Waals surface area contributed by atoms with Gasteiger partial charge in [-0.25, -0.2) is 8.78 Å². The molecule has 0 radical (unpaired) electrons. The average molecular weight is 1040 g/mol. The lowest BCUT2D eigenvalue weighted by molar-refractivity contribution is 0.0183. The normalized spacial score (nSPS) is 10.6. The number of hydrogen-bond donors (Lipinski definition) is 7. The van der Waals surface area contributed by atoms with Crippen molar-refractivity contribution in [2.45, 2.75) is 27.2 Å². The Morgan fingerprint density at radius 3 is 1.51 bits per heavy atom. The Morgan fingerprint density at radius 1 is 0.623 bits per heavy atom. The topological polar surface area (TPSA) is 176 Å². The van der Waals surface area contributed by atoms with Crippen LogP contribution in [0.25, 0.3) is 0 Å². The van der Waals surface area contributed by atoms with E-state index >= 15 is 0 Å². The van der Waals surface area contributed by atoms with E-state index in [4.69, 9.17) is 79.8 Å². The highest BCUT2D eigenvalue weighted by Gasteiger charge is 2.27. The summed E-state index contributed by atoms with van der Waals surface area (Å²) in [7, 11) is 4.79. The lowest BCUT2D eigenvalue weighted by atomic mass is 10.1. The molecule has 0 fully saturated rings. The van der Waals surface area contributed by atoms with Gasteiger partial charge >= 0.3 is 0 Å². The molecule has 362 valence electrons. The number of hydrazone groups is 3. The summed E-state index contributed by atoms with van der Waals surface area (Å²) in [4.78, 5) is 4.18. The highest BCUT2D eigenvalue weighted by molar-refractivity contribution is 7.80. The predicted octanol–water partition coefficient (Wildman–Crippen LogP) is 11.4. The van der Waals surface area contributed by atoms with Crippen molar-refractivity contribution in [2.24, 2.45) is 15.3 Å². The smallest absolute Gasteiger partial charge is 0.272 e. The van der Waals surface area contributed by atoms with Crippen molar-refractivity contribution in [3.63, 3.8) is 0 Å². The Balaban J connectivity index is 0.000000273. The average Bonchev–Trinajstić information content (AvgIpc) is 3.32. The monoisotopic (exact) mass is 1030 g/mol. The zero-order chi connectivity index (χ0) is 49.5. The Labute approximate surface area is 426 Å². The molecule has 1 heterocycles. The molecule has 0 atom stereocenters.